The SMILES string of the molecule is COc1ccccc1N(c1noc2cc(Cn3cc(CNC(=O)CN)cn3)cc(OC)c12)S(=O)O. The summed E-state index contributed by atoms with van der Waals surface area (Å²) >= 11 is -2.48. The van der Waals surface area contributed by atoms with Crippen LogP contribution in [0.4, 0.5) is 11.5 Å². The number of rotatable bonds is 10. The van der Waals surface area contributed by atoms with Crippen LogP contribution in [0.15, 0.2) is 53.3 Å². The van der Waals surface area contributed by atoms with Crippen molar-refractivity contribution < 1.29 is 27.6 Å². The molecule has 0 fully saturated rings. The third-order valence-electron chi connectivity index (χ3n) is 5.16. The molecule has 1 amide bonds. The Balaban J connectivity index is 1.67. The van der Waals surface area contributed by atoms with Crippen LogP contribution in [-0.2, 0) is 29.2 Å². The first-order valence-electron chi connectivity index (χ1n) is 10.4. The van der Waals surface area contributed by atoms with Gasteiger partial charge in [0, 0.05) is 18.3 Å². The lowest BCUT2D eigenvalue weighted by Gasteiger charge is -2.20. The molecule has 0 aliphatic carbocycles. The quantitative estimate of drug-likeness (QED) is 0.277. The maximum atomic E-state index is 12.3. The normalized spacial score (nSPS) is 11.9. The number of amides is 1. The van der Waals surface area contributed by atoms with E-state index in [1.165, 1.54) is 14.2 Å². The van der Waals surface area contributed by atoms with Crippen LogP contribution in [-0.4, -0.2) is 50.4 Å². The molecule has 0 bridgehead atoms. The number of nitrogens with two attached hydrogens (primary N) is 1. The van der Waals surface area contributed by atoms with Crippen molar-refractivity contribution in [1.82, 2.24) is 20.3 Å². The van der Waals surface area contributed by atoms with Crippen LogP contribution in [0.3, 0.4) is 0 Å². The van der Waals surface area contributed by atoms with E-state index in [4.69, 9.17) is 19.7 Å². The molecule has 184 valence electrons. The molecule has 0 spiro atoms. The molecule has 0 saturated carbocycles. The predicted octanol–water partition coefficient (Wildman–Crippen LogP) is 1.94. The maximum absolute atomic E-state index is 12.3. The summed E-state index contributed by atoms with van der Waals surface area (Å²) in [7, 11) is 2.96. The molecule has 1 atom stereocenters. The molecule has 4 rings (SSSR count). The fourth-order valence-electron chi connectivity index (χ4n) is 3.58. The van der Waals surface area contributed by atoms with Gasteiger partial charge in [-0.2, -0.15) is 5.10 Å². The van der Waals surface area contributed by atoms with Gasteiger partial charge in [-0.15, -0.1) is 0 Å². The van der Waals surface area contributed by atoms with E-state index in [9.17, 15) is 13.6 Å². The summed E-state index contributed by atoms with van der Waals surface area (Å²) in [6, 6.07) is 10.3. The summed E-state index contributed by atoms with van der Waals surface area (Å²) in [6.45, 7) is 0.627. The number of fused-ring (bicyclic) bond motifs is 1. The largest absolute Gasteiger partial charge is 0.496 e. The Kier molecular flexibility index (Phi) is 7.29. The van der Waals surface area contributed by atoms with Crippen molar-refractivity contribution in [3.8, 4) is 11.5 Å². The number of carbonyl (C=O) groups is 1. The van der Waals surface area contributed by atoms with Crippen molar-refractivity contribution in [2.24, 2.45) is 5.73 Å². The van der Waals surface area contributed by atoms with Gasteiger partial charge in [-0.25, -0.2) is 8.51 Å². The molecule has 2 aromatic heterocycles. The first kappa shape index (κ1) is 24.2. The molecule has 2 heterocycles. The first-order chi connectivity index (χ1) is 16.9. The Morgan fingerprint density at radius 1 is 1.23 bits per heavy atom. The Labute approximate surface area is 203 Å². The van der Waals surface area contributed by atoms with Crippen molar-refractivity contribution >= 4 is 39.6 Å². The number of para-hydroxylation sites is 2. The van der Waals surface area contributed by atoms with Crippen LogP contribution in [0, 0.1) is 0 Å². The van der Waals surface area contributed by atoms with Gasteiger partial charge in [-0.05, 0) is 29.8 Å². The summed E-state index contributed by atoms with van der Waals surface area (Å²) in [4.78, 5) is 11.4. The van der Waals surface area contributed by atoms with E-state index >= 15 is 0 Å². The number of nitrogens with zero attached hydrogens (tertiary/aromatic N) is 4. The van der Waals surface area contributed by atoms with E-state index in [0.29, 0.717) is 41.2 Å². The molecule has 1 unspecified atom stereocenters. The molecule has 12 nitrogen and oxygen atoms in total. The molecular weight excluding hydrogens is 476 g/mol. The number of carbonyl (C=O) groups excluding carboxylic acids is 1. The van der Waals surface area contributed by atoms with Gasteiger partial charge >= 0.3 is 0 Å². The molecule has 0 saturated heterocycles. The Morgan fingerprint density at radius 2 is 2.00 bits per heavy atom. The summed E-state index contributed by atoms with van der Waals surface area (Å²) in [6.07, 6.45) is 3.46. The van der Waals surface area contributed by atoms with Crippen molar-refractivity contribution in [1.29, 1.82) is 0 Å². The highest BCUT2D eigenvalue weighted by molar-refractivity contribution is 7.81. The van der Waals surface area contributed by atoms with Crippen molar-refractivity contribution in [3.63, 3.8) is 0 Å². The molecule has 0 aliphatic heterocycles. The van der Waals surface area contributed by atoms with Crippen molar-refractivity contribution in [2.75, 3.05) is 25.1 Å². The second-order valence-corrected chi connectivity index (χ2v) is 8.23. The maximum Gasteiger partial charge on any atom is 0.268 e. The Morgan fingerprint density at radius 3 is 2.71 bits per heavy atom. The van der Waals surface area contributed by atoms with E-state index in [2.05, 4.69) is 15.6 Å². The van der Waals surface area contributed by atoms with Gasteiger partial charge in [-0.1, -0.05) is 17.3 Å². The summed E-state index contributed by atoms with van der Waals surface area (Å²) in [5, 5.41) is 11.5. The number of ether oxygens (including phenoxy) is 2. The first-order valence-corrected chi connectivity index (χ1v) is 11.5. The Bertz CT molecular complexity index is 1370. The fraction of sp³-hybridized carbons (Fsp3) is 0.227. The van der Waals surface area contributed by atoms with Crippen molar-refractivity contribution in [2.45, 2.75) is 13.1 Å². The van der Waals surface area contributed by atoms with E-state index in [1.54, 1.807) is 53.5 Å². The van der Waals surface area contributed by atoms with Crippen LogP contribution < -0.4 is 24.8 Å². The molecule has 4 aromatic rings. The second-order valence-electron chi connectivity index (χ2n) is 7.40. The summed E-state index contributed by atoms with van der Waals surface area (Å²) < 4.78 is 41.7. The zero-order valence-electron chi connectivity index (χ0n) is 19.0. The molecule has 4 N–H and O–H groups in total. The molecule has 13 heteroatoms. The van der Waals surface area contributed by atoms with Crippen LogP contribution in [0.1, 0.15) is 11.1 Å². The molecule has 35 heavy (non-hydrogen) atoms. The van der Waals surface area contributed by atoms with E-state index in [-0.39, 0.29) is 18.3 Å². The number of hydrogen-bond acceptors (Lipinski definition) is 8. The summed E-state index contributed by atoms with van der Waals surface area (Å²) in [5.41, 5.74) is 7.62. The minimum atomic E-state index is -2.48. The van der Waals surface area contributed by atoms with Crippen LogP contribution >= 0.6 is 0 Å². The van der Waals surface area contributed by atoms with Crippen LogP contribution in [0.5, 0.6) is 11.5 Å². The van der Waals surface area contributed by atoms with E-state index < -0.39 is 11.3 Å². The summed E-state index contributed by atoms with van der Waals surface area (Å²) in [5.74, 6) is 0.645. The third-order valence-corrected chi connectivity index (χ3v) is 5.84. The van der Waals surface area contributed by atoms with Gasteiger partial charge in [0.25, 0.3) is 11.3 Å². The highest BCUT2D eigenvalue weighted by Gasteiger charge is 2.27. The number of benzene rings is 2. The minimum Gasteiger partial charge on any atom is -0.496 e. The van der Waals surface area contributed by atoms with Crippen molar-refractivity contribution in [3.05, 3.63) is 59.9 Å². The standard InChI is InChI=1S/C22H24N6O6S/c1-32-17-6-4-3-5-16(17)28(35(30)31)22-21-18(33-2)7-14(8-19(21)34-26-22)12-27-13-15(11-25-27)10-24-20(29)9-23/h3-8,11,13H,9-10,12,23H2,1-2H3,(H,24,29)(H,30,31). The smallest absolute Gasteiger partial charge is 0.268 e. The molecular formula is C22H24N6O6S. The average Bonchev–Trinajstić information content (AvgIpc) is 3.49. The van der Waals surface area contributed by atoms with Gasteiger partial charge in [0.1, 0.15) is 22.6 Å². The fourth-order valence-corrected chi connectivity index (χ4v) is 4.17. The number of hydrogen-bond donors (Lipinski definition) is 3. The lowest BCUT2D eigenvalue weighted by atomic mass is 10.1. The van der Waals surface area contributed by atoms with Crippen LogP contribution in [0.2, 0.25) is 0 Å². The molecule has 0 aliphatic rings. The third kappa shape index (κ3) is 5.11. The number of aromatic nitrogens is 3. The lowest BCUT2D eigenvalue weighted by Crippen LogP contribution is -2.29. The number of methoxy groups -OCH3 is 2. The number of anilines is 2. The van der Waals surface area contributed by atoms with Crippen LogP contribution in [0.25, 0.3) is 11.0 Å². The van der Waals surface area contributed by atoms with Gasteiger partial charge in [0.2, 0.25) is 11.7 Å². The number of nitrogens with one attached hydrogen (secondary N) is 1. The lowest BCUT2D eigenvalue weighted by molar-refractivity contribution is -0.119. The van der Waals surface area contributed by atoms with Gasteiger partial charge in [-0.3, -0.25) is 14.0 Å². The topological polar surface area (TPSA) is 158 Å². The van der Waals surface area contributed by atoms with Gasteiger partial charge < -0.3 is 25.0 Å². The zero-order valence-corrected chi connectivity index (χ0v) is 19.8. The highest BCUT2D eigenvalue weighted by atomic mass is 32.2. The Hall–Kier alpha value is -3.94. The monoisotopic (exact) mass is 500 g/mol. The van der Waals surface area contributed by atoms with E-state index in [1.807, 2.05) is 0 Å². The van der Waals surface area contributed by atoms with Gasteiger partial charge in [0.15, 0.2) is 5.58 Å². The average molecular weight is 501 g/mol. The second kappa shape index (κ2) is 10.5. The molecule has 2 aromatic carbocycles. The zero-order chi connectivity index (χ0) is 24.9. The van der Waals surface area contributed by atoms with E-state index in [0.717, 1.165) is 15.4 Å². The predicted molar refractivity (Wildman–Crippen MR) is 129 cm³/mol. The molecule has 0 radical (unpaired) electrons. The highest BCUT2D eigenvalue weighted by Crippen LogP contribution is 2.41. The minimum absolute atomic E-state index is 0.0779. The van der Waals surface area contributed by atoms with Gasteiger partial charge in [0.05, 0.1) is 33.5 Å².